The summed E-state index contributed by atoms with van der Waals surface area (Å²) in [6, 6.07) is 7.65. The van der Waals surface area contributed by atoms with E-state index in [0.717, 1.165) is 31.6 Å². The van der Waals surface area contributed by atoms with Crippen LogP contribution in [0, 0.1) is 11.7 Å². The fourth-order valence-electron chi connectivity index (χ4n) is 2.61. The van der Waals surface area contributed by atoms with Gasteiger partial charge >= 0.3 is 0 Å². The van der Waals surface area contributed by atoms with Gasteiger partial charge < -0.3 is 10.6 Å². The molecule has 3 rings (SSSR count). The van der Waals surface area contributed by atoms with Gasteiger partial charge in [-0.05, 0) is 62.2 Å². The number of piperidine rings is 1. The van der Waals surface area contributed by atoms with E-state index in [4.69, 9.17) is 0 Å². The molecule has 1 aliphatic rings. The molecule has 2 N–H and O–H groups in total. The molecule has 116 valence electrons. The Morgan fingerprint density at radius 2 is 2.18 bits per heavy atom. The summed E-state index contributed by atoms with van der Waals surface area (Å²) >= 11 is 0. The largest absolute Gasteiger partial charge is 0.350 e. The van der Waals surface area contributed by atoms with E-state index in [0.29, 0.717) is 18.2 Å². The van der Waals surface area contributed by atoms with E-state index in [2.05, 4.69) is 15.7 Å². The average molecular weight is 302 g/mol. The quantitative estimate of drug-likeness (QED) is 0.904. The van der Waals surface area contributed by atoms with Gasteiger partial charge in [0.2, 0.25) is 0 Å². The Labute approximate surface area is 128 Å². The van der Waals surface area contributed by atoms with Gasteiger partial charge in [-0.15, -0.1) is 0 Å². The second-order valence-corrected chi connectivity index (χ2v) is 5.54. The smallest absolute Gasteiger partial charge is 0.271 e. The van der Waals surface area contributed by atoms with E-state index in [1.807, 2.05) is 0 Å². The normalized spacial score (nSPS) is 18.1. The standard InChI is InChI=1S/C16H19FN4O/c17-13-3-5-14(6-4-13)21-9-7-15(20-21)16(22)19-11-12-2-1-8-18-10-12/h3-7,9,12,18H,1-2,8,10-11H2,(H,19,22). The van der Waals surface area contributed by atoms with Crippen molar-refractivity contribution >= 4 is 5.91 Å². The number of halogens is 1. The lowest BCUT2D eigenvalue weighted by molar-refractivity contribution is 0.0939. The molecule has 1 amide bonds. The highest BCUT2D eigenvalue weighted by Gasteiger charge is 2.15. The number of carbonyl (C=O) groups is 1. The number of hydrogen-bond donors (Lipinski definition) is 2. The first-order valence-electron chi connectivity index (χ1n) is 7.53. The lowest BCUT2D eigenvalue weighted by Crippen LogP contribution is -2.38. The maximum Gasteiger partial charge on any atom is 0.271 e. The van der Waals surface area contributed by atoms with Crippen LogP contribution in [0.15, 0.2) is 36.5 Å². The third kappa shape index (κ3) is 3.51. The summed E-state index contributed by atoms with van der Waals surface area (Å²) in [7, 11) is 0. The van der Waals surface area contributed by atoms with Crippen molar-refractivity contribution in [2.75, 3.05) is 19.6 Å². The van der Waals surface area contributed by atoms with Gasteiger partial charge in [-0.25, -0.2) is 9.07 Å². The molecular formula is C16H19FN4O. The van der Waals surface area contributed by atoms with Crippen molar-refractivity contribution in [1.29, 1.82) is 0 Å². The van der Waals surface area contributed by atoms with Gasteiger partial charge in [0.25, 0.3) is 5.91 Å². The van der Waals surface area contributed by atoms with E-state index in [-0.39, 0.29) is 11.7 Å². The first-order valence-corrected chi connectivity index (χ1v) is 7.53. The third-order valence-electron chi connectivity index (χ3n) is 3.86. The van der Waals surface area contributed by atoms with Crippen LogP contribution in [0.4, 0.5) is 4.39 Å². The molecular weight excluding hydrogens is 283 g/mol. The molecule has 0 bridgehead atoms. The Bertz CT molecular complexity index is 632. The highest BCUT2D eigenvalue weighted by atomic mass is 19.1. The monoisotopic (exact) mass is 302 g/mol. The van der Waals surface area contributed by atoms with Crippen LogP contribution in [0.3, 0.4) is 0 Å². The molecule has 5 nitrogen and oxygen atoms in total. The number of nitrogens with one attached hydrogen (secondary N) is 2. The number of rotatable bonds is 4. The summed E-state index contributed by atoms with van der Waals surface area (Å²) in [4.78, 5) is 12.1. The molecule has 0 spiro atoms. The molecule has 2 heterocycles. The number of carbonyl (C=O) groups excluding carboxylic acids is 1. The van der Waals surface area contributed by atoms with Crippen LogP contribution >= 0.6 is 0 Å². The molecule has 0 radical (unpaired) electrons. The van der Waals surface area contributed by atoms with E-state index >= 15 is 0 Å². The van der Waals surface area contributed by atoms with Crippen LogP contribution < -0.4 is 10.6 Å². The minimum Gasteiger partial charge on any atom is -0.350 e. The number of aromatic nitrogens is 2. The van der Waals surface area contributed by atoms with Crippen molar-refractivity contribution < 1.29 is 9.18 Å². The van der Waals surface area contributed by atoms with E-state index in [1.165, 1.54) is 12.1 Å². The molecule has 1 aliphatic heterocycles. The van der Waals surface area contributed by atoms with Gasteiger partial charge in [-0.1, -0.05) is 0 Å². The highest BCUT2D eigenvalue weighted by Crippen LogP contribution is 2.10. The van der Waals surface area contributed by atoms with Gasteiger partial charge in [-0.3, -0.25) is 4.79 Å². The molecule has 6 heteroatoms. The fourth-order valence-corrected chi connectivity index (χ4v) is 2.61. The zero-order chi connectivity index (χ0) is 15.4. The van der Waals surface area contributed by atoms with Gasteiger partial charge in [0, 0.05) is 12.7 Å². The van der Waals surface area contributed by atoms with E-state index in [9.17, 15) is 9.18 Å². The van der Waals surface area contributed by atoms with Gasteiger partial charge in [0.1, 0.15) is 5.82 Å². The van der Waals surface area contributed by atoms with Crippen LogP contribution in [0.1, 0.15) is 23.3 Å². The topological polar surface area (TPSA) is 59.0 Å². The molecule has 1 aromatic carbocycles. The fraction of sp³-hybridized carbons (Fsp3) is 0.375. The van der Waals surface area contributed by atoms with Gasteiger partial charge in [0.15, 0.2) is 5.69 Å². The molecule has 1 fully saturated rings. The second kappa shape index (κ2) is 6.70. The van der Waals surface area contributed by atoms with Gasteiger partial charge in [-0.2, -0.15) is 5.10 Å². The molecule has 0 aliphatic carbocycles. The summed E-state index contributed by atoms with van der Waals surface area (Å²) in [6.45, 7) is 2.67. The number of benzene rings is 1. The summed E-state index contributed by atoms with van der Waals surface area (Å²) in [5.74, 6) is 0.0123. The summed E-state index contributed by atoms with van der Waals surface area (Å²) in [6.07, 6.45) is 3.99. The van der Waals surface area contributed by atoms with Crippen LogP contribution in [-0.4, -0.2) is 35.3 Å². The SMILES string of the molecule is O=C(NCC1CCCNC1)c1ccn(-c2ccc(F)cc2)n1. The molecule has 1 atom stereocenters. The molecule has 1 saturated heterocycles. The first-order chi connectivity index (χ1) is 10.7. The molecule has 0 saturated carbocycles. The van der Waals surface area contributed by atoms with Crippen molar-refractivity contribution in [1.82, 2.24) is 20.4 Å². The lowest BCUT2D eigenvalue weighted by Gasteiger charge is -2.22. The Hall–Kier alpha value is -2.21. The van der Waals surface area contributed by atoms with E-state index in [1.54, 1.807) is 29.1 Å². The zero-order valence-corrected chi connectivity index (χ0v) is 12.3. The Balaban J connectivity index is 1.60. The van der Waals surface area contributed by atoms with Crippen molar-refractivity contribution in [3.05, 3.63) is 48.0 Å². The highest BCUT2D eigenvalue weighted by molar-refractivity contribution is 5.92. The Kier molecular flexibility index (Phi) is 4.48. The average Bonchev–Trinajstić information content (AvgIpc) is 3.04. The van der Waals surface area contributed by atoms with E-state index < -0.39 is 0 Å². The Morgan fingerprint density at radius 1 is 1.36 bits per heavy atom. The van der Waals surface area contributed by atoms with Crippen molar-refractivity contribution in [3.8, 4) is 5.69 Å². The number of amides is 1. The second-order valence-electron chi connectivity index (χ2n) is 5.54. The number of hydrogen-bond acceptors (Lipinski definition) is 3. The summed E-state index contributed by atoms with van der Waals surface area (Å²) in [5, 5.41) is 10.5. The van der Waals surface area contributed by atoms with Crippen molar-refractivity contribution in [2.45, 2.75) is 12.8 Å². The van der Waals surface area contributed by atoms with Crippen LogP contribution in [-0.2, 0) is 0 Å². The summed E-state index contributed by atoms with van der Waals surface area (Å²) in [5.41, 5.74) is 1.09. The summed E-state index contributed by atoms with van der Waals surface area (Å²) < 4.78 is 14.5. The van der Waals surface area contributed by atoms with Crippen LogP contribution in [0.25, 0.3) is 5.69 Å². The molecule has 22 heavy (non-hydrogen) atoms. The van der Waals surface area contributed by atoms with Crippen LogP contribution in [0.2, 0.25) is 0 Å². The van der Waals surface area contributed by atoms with Crippen molar-refractivity contribution in [3.63, 3.8) is 0 Å². The molecule has 1 unspecified atom stereocenters. The molecule has 2 aromatic rings. The van der Waals surface area contributed by atoms with Gasteiger partial charge in [0.05, 0.1) is 5.69 Å². The predicted octanol–water partition coefficient (Wildman–Crippen LogP) is 1.74. The zero-order valence-electron chi connectivity index (χ0n) is 12.3. The molecule has 1 aromatic heterocycles. The minimum atomic E-state index is -0.296. The maximum absolute atomic E-state index is 12.9. The maximum atomic E-state index is 12.9. The van der Waals surface area contributed by atoms with Crippen LogP contribution in [0.5, 0.6) is 0 Å². The number of nitrogens with zero attached hydrogens (tertiary/aromatic N) is 2. The Morgan fingerprint density at radius 3 is 2.91 bits per heavy atom. The minimum absolute atomic E-state index is 0.175. The first kappa shape index (κ1) is 14.7. The predicted molar refractivity (Wildman–Crippen MR) is 81.4 cm³/mol. The third-order valence-corrected chi connectivity index (χ3v) is 3.86. The lowest BCUT2D eigenvalue weighted by atomic mass is 10.00. The van der Waals surface area contributed by atoms with Crippen molar-refractivity contribution in [2.24, 2.45) is 5.92 Å².